The average Bonchev–Trinajstić information content (AvgIpc) is 2.59. The molecule has 0 fully saturated rings. The lowest BCUT2D eigenvalue weighted by molar-refractivity contribution is 0.0921. The highest BCUT2D eigenvalue weighted by Crippen LogP contribution is 2.27. The maximum Gasteiger partial charge on any atom is 0.336 e. The summed E-state index contributed by atoms with van der Waals surface area (Å²) >= 11 is 0. The number of hydrogen-bond donors (Lipinski definition) is 1. The van der Waals surface area contributed by atoms with Crippen molar-refractivity contribution in [2.75, 3.05) is 13.7 Å². The first-order valence-electron chi connectivity index (χ1n) is 7.55. The van der Waals surface area contributed by atoms with Crippen LogP contribution in [0, 0.1) is 6.92 Å². The van der Waals surface area contributed by atoms with E-state index in [4.69, 9.17) is 13.9 Å². The molecule has 1 N–H and O–H groups in total. The summed E-state index contributed by atoms with van der Waals surface area (Å²) in [4.78, 5) is 23.7. The first kappa shape index (κ1) is 16.6. The Labute approximate surface area is 143 Å². The van der Waals surface area contributed by atoms with Gasteiger partial charge in [0.2, 0.25) is 0 Å². The minimum atomic E-state index is -0.436. The van der Waals surface area contributed by atoms with Crippen molar-refractivity contribution in [3.8, 4) is 17.2 Å². The summed E-state index contributed by atoms with van der Waals surface area (Å²) in [5.41, 5.74) is 1.14. The van der Waals surface area contributed by atoms with Crippen molar-refractivity contribution < 1.29 is 23.8 Å². The van der Waals surface area contributed by atoms with Gasteiger partial charge in [0, 0.05) is 23.1 Å². The first-order chi connectivity index (χ1) is 12.0. The number of phenols is 1. The average molecular weight is 340 g/mol. The number of aromatic hydroxyl groups is 1. The fraction of sp³-hybridized carbons (Fsp3) is 0.158. The topological polar surface area (TPSA) is 86.0 Å². The molecular weight excluding hydrogens is 324 g/mol. The van der Waals surface area contributed by atoms with Gasteiger partial charge in [-0.1, -0.05) is 0 Å². The lowest BCUT2D eigenvalue weighted by atomic mass is 10.1. The highest BCUT2D eigenvalue weighted by molar-refractivity contribution is 5.97. The second-order valence-electron chi connectivity index (χ2n) is 5.50. The zero-order valence-electron chi connectivity index (χ0n) is 13.7. The van der Waals surface area contributed by atoms with E-state index in [1.165, 1.54) is 31.4 Å². The summed E-state index contributed by atoms with van der Waals surface area (Å²) in [6.45, 7) is 1.62. The van der Waals surface area contributed by atoms with E-state index in [0.717, 1.165) is 10.9 Å². The Morgan fingerprint density at radius 2 is 1.96 bits per heavy atom. The summed E-state index contributed by atoms with van der Waals surface area (Å²) in [6.07, 6.45) is 0. The van der Waals surface area contributed by atoms with Crippen LogP contribution in [-0.4, -0.2) is 24.6 Å². The highest BCUT2D eigenvalue weighted by Gasteiger charge is 2.11. The van der Waals surface area contributed by atoms with Crippen molar-refractivity contribution in [3.05, 3.63) is 64.0 Å². The van der Waals surface area contributed by atoms with Gasteiger partial charge in [-0.3, -0.25) is 4.79 Å². The third kappa shape index (κ3) is 3.47. The zero-order valence-corrected chi connectivity index (χ0v) is 13.7. The molecule has 0 unspecified atom stereocenters. The molecule has 0 saturated heterocycles. The van der Waals surface area contributed by atoms with Crippen LogP contribution < -0.4 is 15.1 Å². The van der Waals surface area contributed by atoms with E-state index in [0.29, 0.717) is 16.9 Å². The third-order valence-corrected chi connectivity index (χ3v) is 3.79. The van der Waals surface area contributed by atoms with E-state index in [9.17, 15) is 14.7 Å². The van der Waals surface area contributed by atoms with Crippen LogP contribution in [0.15, 0.2) is 51.7 Å². The van der Waals surface area contributed by atoms with Gasteiger partial charge in [0.05, 0.1) is 7.11 Å². The van der Waals surface area contributed by atoms with Crippen molar-refractivity contribution in [1.82, 2.24) is 0 Å². The number of carbonyl (C=O) groups is 1. The molecule has 0 amide bonds. The fourth-order valence-electron chi connectivity index (χ4n) is 2.48. The van der Waals surface area contributed by atoms with Crippen molar-refractivity contribution in [3.63, 3.8) is 0 Å². The van der Waals surface area contributed by atoms with Crippen LogP contribution in [0.1, 0.15) is 15.9 Å². The summed E-state index contributed by atoms with van der Waals surface area (Å²) in [6, 6.07) is 10.8. The number of aryl methyl sites for hydroxylation is 1. The predicted octanol–water partition coefficient (Wildman–Crippen LogP) is 3.08. The molecule has 0 atom stereocenters. The Balaban J connectivity index is 1.78. The molecule has 0 bridgehead atoms. The molecule has 25 heavy (non-hydrogen) atoms. The number of carbonyl (C=O) groups excluding carboxylic acids is 1. The zero-order chi connectivity index (χ0) is 18.0. The molecule has 6 heteroatoms. The van der Waals surface area contributed by atoms with Crippen LogP contribution in [0.3, 0.4) is 0 Å². The van der Waals surface area contributed by atoms with Crippen LogP contribution in [-0.2, 0) is 0 Å². The molecule has 2 aromatic carbocycles. The van der Waals surface area contributed by atoms with Crippen LogP contribution in [0.5, 0.6) is 17.2 Å². The highest BCUT2D eigenvalue weighted by atomic mass is 16.5. The van der Waals surface area contributed by atoms with Crippen LogP contribution >= 0.6 is 0 Å². The normalized spacial score (nSPS) is 10.6. The number of hydrogen-bond acceptors (Lipinski definition) is 6. The number of methoxy groups -OCH3 is 1. The minimum absolute atomic E-state index is 0.0418. The molecule has 3 rings (SSSR count). The molecule has 0 aliphatic rings. The number of rotatable bonds is 5. The summed E-state index contributed by atoms with van der Waals surface area (Å²) in [5, 5.41) is 10.4. The van der Waals surface area contributed by atoms with Crippen molar-refractivity contribution in [2.24, 2.45) is 0 Å². The fourth-order valence-corrected chi connectivity index (χ4v) is 2.48. The van der Waals surface area contributed by atoms with Gasteiger partial charge in [-0.05, 0) is 42.8 Å². The standard InChI is InChI=1S/C19H16O6/c1-11-7-19(22)25-17-9-13(4-5-14(11)17)24-10-16(21)12-3-6-15(20)18(8-12)23-2/h3-9,20H,10H2,1-2H3. The van der Waals surface area contributed by atoms with Crippen molar-refractivity contribution in [2.45, 2.75) is 6.92 Å². The second-order valence-corrected chi connectivity index (χ2v) is 5.50. The lowest BCUT2D eigenvalue weighted by Crippen LogP contribution is -2.11. The quantitative estimate of drug-likeness (QED) is 0.567. The second kappa shape index (κ2) is 6.68. The van der Waals surface area contributed by atoms with Crippen molar-refractivity contribution >= 4 is 16.8 Å². The van der Waals surface area contributed by atoms with E-state index in [1.54, 1.807) is 18.2 Å². The Bertz CT molecular complexity index is 1000. The number of fused-ring (bicyclic) bond motifs is 1. The van der Waals surface area contributed by atoms with Crippen molar-refractivity contribution in [1.29, 1.82) is 0 Å². The van der Waals surface area contributed by atoms with Gasteiger partial charge in [-0.25, -0.2) is 4.79 Å². The molecule has 128 valence electrons. The molecule has 1 heterocycles. The predicted molar refractivity (Wildman–Crippen MR) is 91.7 cm³/mol. The molecular formula is C19H16O6. The largest absolute Gasteiger partial charge is 0.504 e. The number of ketones is 1. The summed E-state index contributed by atoms with van der Waals surface area (Å²) in [7, 11) is 1.41. The minimum Gasteiger partial charge on any atom is -0.504 e. The van der Waals surface area contributed by atoms with Gasteiger partial charge >= 0.3 is 5.63 Å². The third-order valence-electron chi connectivity index (χ3n) is 3.79. The molecule has 0 aliphatic heterocycles. The molecule has 0 radical (unpaired) electrons. The molecule has 0 saturated carbocycles. The Morgan fingerprint density at radius 3 is 2.72 bits per heavy atom. The number of phenolic OH excluding ortho intramolecular Hbond substituents is 1. The van der Waals surface area contributed by atoms with E-state index < -0.39 is 5.63 Å². The maximum absolute atomic E-state index is 12.2. The van der Waals surface area contributed by atoms with Gasteiger partial charge < -0.3 is 19.0 Å². The smallest absolute Gasteiger partial charge is 0.336 e. The van der Waals surface area contributed by atoms with E-state index in [1.807, 2.05) is 6.92 Å². The van der Waals surface area contributed by atoms with Crippen LogP contribution in [0.4, 0.5) is 0 Å². The number of Topliss-reactive ketones (excluding diaryl/α,β-unsaturated/α-hetero) is 1. The Hall–Kier alpha value is -3.28. The summed E-state index contributed by atoms with van der Waals surface area (Å²) < 4.78 is 15.6. The SMILES string of the molecule is COc1cc(C(=O)COc2ccc3c(C)cc(=O)oc3c2)ccc1O. The molecule has 1 aromatic heterocycles. The molecule has 3 aromatic rings. The van der Waals surface area contributed by atoms with Crippen LogP contribution in [0.25, 0.3) is 11.0 Å². The summed E-state index contributed by atoms with van der Waals surface area (Å²) in [5.74, 6) is 0.318. The van der Waals surface area contributed by atoms with Gasteiger partial charge in [0.15, 0.2) is 23.9 Å². The Morgan fingerprint density at radius 1 is 1.16 bits per heavy atom. The number of benzene rings is 2. The van der Waals surface area contributed by atoms with Gasteiger partial charge in [0.25, 0.3) is 0 Å². The van der Waals surface area contributed by atoms with E-state index in [-0.39, 0.29) is 23.9 Å². The number of ether oxygens (including phenoxy) is 2. The maximum atomic E-state index is 12.2. The monoisotopic (exact) mass is 340 g/mol. The van der Waals surface area contributed by atoms with E-state index in [2.05, 4.69) is 0 Å². The lowest BCUT2D eigenvalue weighted by Gasteiger charge is -2.08. The van der Waals surface area contributed by atoms with Crippen LogP contribution in [0.2, 0.25) is 0 Å². The van der Waals surface area contributed by atoms with Gasteiger partial charge in [-0.15, -0.1) is 0 Å². The van der Waals surface area contributed by atoms with E-state index >= 15 is 0 Å². The first-order valence-corrected chi connectivity index (χ1v) is 7.55. The molecule has 0 spiro atoms. The van der Waals surface area contributed by atoms with Gasteiger partial charge in [-0.2, -0.15) is 0 Å². The molecule has 0 aliphatic carbocycles. The van der Waals surface area contributed by atoms with Gasteiger partial charge in [0.1, 0.15) is 11.3 Å². The Kier molecular flexibility index (Phi) is 4.43. The molecule has 6 nitrogen and oxygen atoms in total.